The normalized spacial score (nSPS) is 18.3. The van der Waals surface area contributed by atoms with Crippen LogP contribution >= 0.6 is 22.6 Å². The van der Waals surface area contributed by atoms with Gasteiger partial charge in [-0.05, 0) is 47.6 Å². The lowest BCUT2D eigenvalue weighted by Crippen LogP contribution is -2.46. The summed E-state index contributed by atoms with van der Waals surface area (Å²) < 4.78 is 6.29. The van der Waals surface area contributed by atoms with Gasteiger partial charge in [0.25, 0.3) is 0 Å². The number of benzene rings is 1. The minimum atomic E-state index is -0.485. The second-order valence-corrected chi connectivity index (χ2v) is 6.26. The smallest absolute Gasteiger partial charge is 0.338 e. The van der Waals surface area contributed by atoms with Gasteiger partial charge >= 0.3 is 12.0 Å². The molecule has 1 aromatic carbocycles. The minimum absolute atomic E-state index is 0.228. The first-order valence-electron chi connectivity index (χ1n) is 7.13. The van der Waals surface area contributed by atoms with Gasteiger partial charge in [0.2, 0.25) is 0 Å². The molecular weight excluding hydrogens is 395 g/mol. The van der Waals surface area contributed by atoms with Crippen molar-refractivity contribution in [3.05, 3.63) is 44.7 Å². The molecule has 6 heteroatoms. The number of urea groups is 1. The molecule has 0 aliphatic carbocycles. The first-order chi connectivity index (χ1) is 10.5. The Morgan fingerprint density at radius 1 is 1.41 bits per heavy atom. The minimum Gasteiger partial charge on any atom is -0.462 e. The molecule has 0 saturated carbocycles. The maximum atomic E-state index is 12.5. The number of esters is 1. The average Bonchev–Trinajstić information content (AvgIpc) is 2.50. The molecule has 1 aromatic rings. The van der Waals surface area contributed by atoms with Crippen LogP contribution < -0.4 is 5.32 Å². The summed E-state index contributed by atoms with van der Waals surface area (Å²) in [5, 5.41) is 2.88. The summed E-state index contributed by atoms with van der Waals surface area (Å²) in [4.78, 5) is 26.0. The van der Waals surface area contributed by atoms with E-state index in [9.17, 15) is 9.59 Å². The van der Waals surface area contributed by atoms with Crippen molar-refractivity contribution in [2.75, 3.05) is 13.7 Å². The highest BCUT2D eigenvalue weighted by molar-refractivity contribution is 14.1. The Morgan fingerprint density at radius 2 is 2.09 bits per heavy atom. The van der Waals surface area contributed by atoms with Crippen molar-refractivity contribution in [1.82, 2.24) is 10.2 Å². The molecule has 0 saturated heterocycles. The van der Waals surface area contributed by atoms with E-state index in [1.807, 2.05) is 31.2 Å². The van der Waals surface area contributed by atoms with Crippen LogP contribution in [0.25, 0.3) is 0 Å². The second-order valence-electron chi connectivity index (χ2n) is 5.10. The third kappa shape index (κ3) is 3.26. The van der Waals surface area contributed by atoms with Gasteiger partial charge in [-0.3, -0.25) is 0 Å². The van der Waals surface area contributed by atoms with E-state index in [0.29, 0.717) is 17.9 Å². The summed E-state index contributed by atoms with van der Waals surface area (Å²) in [5.41, 5.74) is 2.00. The number of amides is 2. The van der Waals surface area contributed by atoms with Gasteiger partial charge in [-0.25, -0.2) is 9.59 Å². The summed E-state index contributed by atoms with van der Waals surface area (Å²) in [6.07, 6.45) is 0.758. The Morgan fingerprint density at radius 3 is 2.73 bits per heavy atom. The third-order valence-corrected chi connectivity index (χ3v) is 4.61. The van der Waals surface area contributed by atoms with Crippen molar-refractivity contribution in [1.29, 1.82) is 0 Å². The number of carbonyl (C=O) groups is 2. The van der Waals surface area contributed by atoms with Gasteiger partial charge in [0, 0.05) is 16.3 Å². The SMILES string of the molecule is CCCOC(=O)C1=C(C)N(C)C(=O)NC1c1ccccc1I. The number of rotatable bonds is 4. The standard InChI is InChI=1S/C16H19IN2O3/c1-4-9-22-15(20)13-10(2)19(3)16(21)18-14(13)11-7-5-6-8-12(11)17/h5-8,14H,4,9H2,1-3H3,(H,18,21). The molecular formula is C16H19IN2O3. The van der Waals surface area contributed by atoms with Crippen LogP contribution in [0.4, 0.5) is 4.79 Å². The molecule has 0 fully saturated rings. The fourth-order valence-electron chi connectivity index (χ4n) is 2.31. The van der Waals surface area contributed by atoms with Gasteiger partial charge in [-0.15, -0.1) is 0 Å². The lowest BCUT2D eigenvalue weighted by molar-refractivity contribution is -0.139. The van der Waals surface area contributed by atoms with Crippen LogP contribution in [0.2, 0.25) is 0 Å². The fraction of sp³-hybridized carbons (Fsp3) is 0.375. The zero-order chi connectivity index (χ0) is 16.3. The second kappa shape index (κ2) is 7.13. The highest BCUT2D eigenvalue weighted by Gasteiger charge is 2.35. The zero-order valence-electron chi connectivity index (χ0n) is 12.9. The molecule has 1 N–H and O–H groups in total. The molecule has 1 unspecified atom stereocenters. The summed E-state index contributed by atoms with van der Waals surface area (Å²) in [6.45, 7) is 4.08. The number of nitrogens with one attached hydrogen (secondary N) is 1. The van der Waals surface area contributed by atoms with Crippen LogP contribution in [0.15, 0.2) is 35.5 Å². The van der Waals surface area contributed by atoms with E-state index >= 15 is 0 Å². The van der Waals surface area contributed by atoms with Crippen molar-refractivity contribution in [3.63, 3.8) is 0 Å². The van der Waals surface area contributed by atoms with Crippen LogP contribution in [0.5, 0.6) is 0 Å². The summed E-state index contributed by atoms with van der Waals surface area (Å²) in [5.74, 6) is -0.379. The highest BCUT2D eigenvalue weighted by atomic mass is 127. The van der Waals surface area contributed by atoms with E-state index < -0.39 is 6.04 Å². The summed E-state index contributed by atoms with van der Waals surface area (Å²) in [6, 6.07) is 6.97. The van der Waals surface area contributed by atoms with Crippen molar-refractivity contribution < 1.29 is 14.3 Å². The predicted octanol–water partition coefficient (Wildman–Crippen LogP) is 3.21. The van der Waals surface area contributed by atoms with Gasteiger partial charge in [0.1, 0.15) is 0 Å². The molecule has 0 aromatic heterocycles. The van der Waals surface area contributed by atoms with E-state index in [4.69, 9.17) is 4.74 Å². The van der Waals surface area contributed by atoms with E-state index in [0.717, 1.165) is 15.6 Å². The Kier molecular flexibility index (Phi) is 5.44. The largest absolute Gasteiger partial charge is 0.462 e. The zero-order valence-corrected chi connectivity index (χ0v) is 15.0. The quantitative estimate of drug-likeness (QED) is 0.608. The first-order valence-corrected chi connectivity index (χ1v) is 8.21. The van der Waals surface area contributed by atoms with Crippen LogP contribution in [-0.2, 0) is 9.53 Å². The predicted molar refractivity (Wildman–Crippen MR) is 92.1 cm³/mol. The maximum absolute atomic E-state index is 12.5. The molecule has 1 atom stereocenters. The maximum Gasteiger partial charge on any atom is 0.338 e. The molecule has 2 rings (SSSR count). The number of hydrogen-bond donors (Lipinski definition) is 1. The molecule has 2 amide bonds. The van der Waals surface area contributed by atoms with Crippen LogP contribution in [0.3, 0.4) is 0 Å². The molecule has 5 nitrogen and oxygen atoms in total. The van der Waals surface area contributed by atoms with Crippen LogP contribution in [0, 0.1) is 3.57 Å². The average molecular weight is 414 g/mol. The molecule has 1 heterocycles. The fourth-order valence-corrected chi connectivity index (χ4v) is 3.01. The van der Waals surface area contributed by atoms with Gasteiger partial charge in [-0.1, -0.05) is 25.1 Å². The van der Waals surface area contributed by atoms with Gasteiger partial charge in [0.15, 0.2) is 0 Å². The van der Waals surface area contributed by atoms with Gasteiger partial charge in [-0.2, -0.15) is 0 Å². The number of nitrogens with zero attached hydrogens (tertiary/aromatic N) is 1. The molecule has 1 aliphatic heterocycles. The van der Waals surface area contributed by atoms with Crippen molar-refractivity contribution in [3.8, 4) is 0 Å². The number of halogens is 1. The molecule has 0 bridgehead atoms. The molecule has 1 aliphatic rings. The number of hydrogen-bond acceptors (Lipinski definition) is 3. The monoisotopic (exact) mass is 414 g/mol. The van der Waals surface area contributed by atoms with E-state index in [1.165, 1.54) is 4.90 Å². The molecule has 22 heavy (non-hydrogen) atoms. The van der Waals surface area contributed by atoms with E-state index in [-0.39, 0.29) is 12.0 Å². The van der Waals surface area contributed by atoms with Crippen molar-refractivity contribution in [2.24, 2.45) is 0 Å². The highest BCUT2D eigenvalue weighted by Crippen LogP contribution is 2.32. The van der Waals surface area contributed by atoms with Crippen LogP contribution in [-0.4, -0.2) is 30.6 Å². The van der Waals surface area contributed by atoms with E-state index in [1.54, 1.807) is 14.0 Å². The topological polar surface area (TPSA) is 58.6 Å². The summed E-state index contributed by atoms with van der Waals surface area (Å²) in [7, 11) is 1.64. The van der Waals surface area contributed by atoms with Gasteiger partial charge in [0.05, 0.1) is 18.2 Å². The summed E-state index contributed by atoms with van der Waals surface area (Å²) >= 11 is 2.20. The Balaban J connectivity index is 2.48. The molecule has 0 radical (unpaired) electrons. The van der Waals surface area contributed by atoms with E-state index in [2.05, 4.69) is 27.9 Å². The Bertz CT molecular complexity index is 628. The molecule has 0 spiro atoms. The number of carbonyl (C=O) groups excluding carboxylic acids is 2. The lowest BCUT2D eigenvalue weighted by Gasteiger charge is -2.33. The number of allylic oxidation sites excluding steroid dienone is 1. The lowest BCUT2D eigenvalue weighted by atomic mass is 9.95. The van der Waals surface area contributed by atoms with Gasteiger partial charge < -0.3 is 15.0 Å². The number of ether oxygens (including phenoxy) is 1. The van der Waals surface area contributed by atoms with Crippen molar-refractivity contribution >= 4 is 34.6 Å². The Labute approximate surface area is 143 Å². The van der Waals surface area contributed by atoms with Crippen LogP contribution in [0.1, 0.15) is 31.9 Å². The van der Waals surface area contributed by atoms with Crippen molar-refractivity contribution in [2.45, 2.75) is 26.3 Å². The first kappa shape index (κ1) is 16.8. The Hall–Kier alpha value is -1.57. The third-order valence-electron chi connectivity index (χ3n) is 3.63. The molecule has 118 valence electrons.